The summed E-state index contributed by atoms with van der Waals surface area (Å²) in [5.74, 6) is 1.08. The van der Waals surface area contributed by atoms with E-state index in [1.165, 1.54) is 36.1 Å². The van der Waals surface area contributed by atoms with Crippen LogP contribution in [0.1, 0.15) is 48.8 Å². The Hall–Kier alpha value is -2.85. The zero-order valence-corrected chi connectivity index (χ0v) is 19.8. The Morgan fingerprint density at radius 3 is 2.53 bits per heavy atom. The van der Waals surface area contributed by atoms with E-state index in [4.69, 9.17) is 4.74 Å². The van der Waals surface area contributed by atoms with Gasteiger partial charge in [-0.15, -0.1) is 0 Å². The number of aryl methyl sites for hydroxylation is 1. The van der Waals surface area contributed by atoms with E-state index in [-0.39, 0.29) is 17.3 Å². The lowest BCUT2D eigenvalue weighted by Crippen LogP contribution is -2.53. The number of rotatable bonds is 9. The number of ether oxygens (including phenoxy) is 1. The summed E-state index contributed by atoms with van der Waals surface area (Å²) in [7, 11) is 0. The second-order valence-electron chi connectivity index (χ2n) is 9.92. The second-order valence-corrected chi connectivity index (χ2v) is 9.92. The van der Waals surface area contributed by atoms with E-state index in [1.54, 1.807) is 6.07 Å². The average molecular weight is 460 g/mol. The maximum Gasteiger partial charge on any atom is 0.124 e. The Labute approximate surface area is 202 Å². The highest BCUT2D eigenvalue weighted by Gasteiger charge is 2.51. The lowest BCUT2D eigenvalue weighted by Gasteiger charge is -2.43. The Morgan fingerprint density at radius 2 is 1.71 bits per heavy atom. The van der Waals surface area contributed by atoms with Gasteiger partial charge in [0.05, 0.1) is 0 Å². The van der Waals surface area contributed by atoms with Gasteiger partial charge in [-0.1, -0.05) is 55.3 Å². The molecule has 3 aromatic rings. The fourth-order valence-corrected chi connectivity index (χ4v) is 5.79. The van der Waals surface area contributed by atoms with Crippen molar-refractivity contribution in [3.05, 3.63) is 95.3 Å². The van der Waals surface area contributed by atoms with Crippen LogP contribution in [-0.2, 0) is 18.3 Å². The first-order valence-electron chi connectivity index (χ1n) is 12.6. The third kappa shape index (κ3) is 4.97. The average Bonchev–Trinajstić information content (AvgIpc) is 3.17. The van der Waals surface area contributed by atoms with Crippen LogP contribution in [0.2, 0.25) is 0 Å². The van der Waals surface area contributed by atoms with Crippen molar-refractivity contribution in [2.45, 2.75) is 56.5 Å². The van der Waals surface area contributed by atoms with E-state index < -0.39 is 0 Å². The van der Waals surface area contributed by atoms with Gasteiger partial charge in [-0.2, -0.15) is 0 Å². The second kappa shape index (κ2) is 10.2. The number of benzene rings is 3. The molecule has 0 aromatic heterocycles. The summed E-state index contributed by atoms with van der Waals surface area (Å²) in [5, 5.41) is 10.2. The molecule has 2 aliphatic rings. The number of likely N-dealkylation sites (tertiary alicyclic amines) is 1. The first-order chi connectivity index (χ1) is 16.6. The van der Waals surface area contributed by atoms with Crippen molar-refractivity contribution < 1.29 is 14.2 Å². The van der Waals surface area contributed by atoms with Crippen molar-refractivity contribution in [3.63, 3.8) is 0 Å². The van der Waals surface area contributed by atoms with E-state index in [1.807, 2.05) is 24.3 Å². The summed E-state index contributed by atoms with van der Waals surface area (Å²) in [4.78, 5) is 2.48. The molecule has 0 bridgehead atoms. The first-order valence-corrected chi connectivity index (χ1v) is 12.6. The number of piperidine rings is 1. The first kappa shape index (κ1) is 22.9. The van der Waals surface area contributed by atoms with Crippen molar-refractivity contribution in [1.29, 1.82) is 0 Å². The van der Waals surface area contributed by atoms with Gasteiger partial charge in [-0.05, 0) is 80.1 Å². The van der Waals surface area contributed by atoms with Crippen molar-refractivity contribution in [3.8, 4) is 11.5 Å². The Balaban J connectivity index is 1.22. The molecule has 34 heavy (non-hydrogen) atoms. The number of phenolic OH excluding ortho intramolecular Hbond substituents is 1. The van der Waals surface area contributed by atoms with Crippen molar-refractivity contribution in [1.82, 2.24) is 4.90 Å². The molecule has 0 aliphatic carbocycles. The zero-order valence-electron chi connectivity index (χ0n) is 19.8. The summed E-state index contributed by atoms with van der Waals surface area (Å²) in [6.45, 7) is 2.85. The Bertz CT molecular complexity index is 1080. The minimum Gasteiger partial charge on any atom is -0.508 e. The normalized spacial score (nSPS) is 21.6. The van der Waals surface area contributed by atoms with Gasteiger partial charge in [0, 0.05) is 24.1 Å². The van der Waals surface area contributed by atoms with Crippen LogP contribution < -0.4 is 4.74 Å². The van der Waals surface area contributed by atoms with Crippen LogP contribution >= 0.6 is 0 Å². The maximum absolute atomic E-state index is 13.2. The summed E-state index contributed by atoms with van der Waals surface area (Å²) in [6, 6.07) is 23.2. The molecule has 3 aromatic carbocycles. The van der Waals surface area contributed by atoms with Gasteiger partial charge in [0.2, 0.25) is 0 Å². The molecule has 0 spiro atoms. The SMILES string of the molecule is Oc1ccc2c(c1)[C@]1(CCCCCc3ccccc3)CCN(CCc3ccc(F)cc3)C[C@@H]1O2. The molecule has 2 atom stereocenters. The molecule has 1 N–H and O–H groups in total. The smallest absolute Gasteiger partial charge is 0.124 e. The largest absolute Gasteiger partial charge is 0.508 e. The maximum atomic E-state index is 13.2. The molecule has 0 unspecified atom stereocenters. The van der Waals surface area contributed by atoms with Crippen LogP contribution in [0.5, 0.6) is 11.5 Å². The molecule has 4 heteroatoms. The molecular formula is C30H34FNO2. The number of phenols is 1. The molecule has 0 radical (unpaired) electrons. The Morgan fingerprint density at radius 1 is 0.912 bits per heavy atom. The van der Waals surface area contributed by atoms with Gasteiger partial charge in [0.1, 0.15) is 23.4 Å². The number of fused-ring (bicyclic) bond motifs is 3. The molecule has 1 saturated heterocycles. The molecular weight excluding hydrogens is 425 g/mol. The van der Waals surface area contributed by atoms with E-state index in [2.05, 4.69) is 35.2 Å². The highest BCUT2D eigenvalue weighted by molar-refractivity contribution is 5.49. The van der Waals surface area contributed by atoms with E-state index in [0.717, 1.165) is 63.1 Å². The van der Waals surface area contributed by atoms with Gasteiger partial charge in [0.15, 0.2) is 0 Å². The molecule has 2 aliphatic heterocycles. The lowest BCUT2D eigenvalue weighted by molar-refractivity contribution is 0.0374. The number of unbranched alkanes of at least 4 members (excludes halogenated alkanes) is 2. The van der Waals surface area contributed by atoms with Crippen LogP contribution in [0.15, 0.2) is 72.8 Å². The minimum atomic E-state index is -0.185. The fourth-order valence-electron chi connectivity index (χ4n) is 5.79. The van der Waals surface area contributed by atoms with Gasteiger partial charge >= 0.3 is 0 Å². The van der Waals surface area contributed by atoms with Crippen LogP contribution in [0.4, 0.5) is 4.39 Å². The van der Waals surface area contributed by atoms with Gasteiger partial charge in [0.25, 0.3) is 0 Å². The van der Waals surface area contributed by atoms with Gasteiger partial charge in [-0.25, -0.2) is 4.39 Å². The minimum absolute atomic E-state index is 0.0206. The quantitative estimate of drug-likeness (QED) is 0.382. The Kier molecular flexibility index (Phi) is 6.87. The molecule has 0 saturated carbocycles. The van der Waals surface area contributed by atoms with E-state index in [0.29, 0.717) is 5.75 Å². The predicted octanol–water partition coefficient (Wildman–Crippen LogP) is 6.28. The molecule has 1 fully saturated rings. The summed E-state index contributed by atoms with van der Waals surface area (Å²) in [6.07, 6.45) is 7.84. The van der Waals surface area contributed by atoms with Crippen molar-refractivity contribution >= 4 is 0 Å². The van der Waals surface area contributed by atoms with Gasteiger partial charge < -0.3 is 9.84 Å². The van der Waals surface area contributed by atoms with Crippen molar-refractivity contribution in [2.24, 2.45) is 0 Å². The van der Waals surface area contributed by atoms with Crippen LogP contribution in [0, 0.1) is 5.82 Å². The monoisotopic (exact) mass is 459 g/mol. The third-order valence-corrected chi connectivity index (χ3v) is 7.74. The third-order valence-electron chi connectivity index (χ3n) is 7.74. The highest BCUT2D eigenvalue weighted by Crippen LogP contribution is 2.51. The lowest BCUT2D eigenvalue weighted by atomic mass is 9.68. The number of hydrogen-bond acceptors (Lipinski definition) is 3. The van der Waals surface area contributed by atoms with Gasteiger partial charge in [-0.3, -0.25) is 4.90 Å². The molecule has 2 heterocycles. The number of hydrogen-bond donors (Lipinski definition) is 1. The van der Waals surface area contributed by atoms with Crippen LogP contribution in [0.3, 0.4) is 0 Å². The topological polar surface area (TPSA) is 32.7 Å². The number of halogens is 1. The molecule has 3 nitrogen and oxygen atoms in total. The number of aromatic hydroxyl groups is 1. The predicted molar refractivity (Wildman–Crippen MR) is 134 cm³/mol. The highest BCUT2D eigenvalue weighted by atomic mass is 19.1. The molecule has 5 rings (SSSR count). The summed E-state index contributed by atoms with van der Waals surface area (Å²) >= 11 is 0. The fraction of sp³-hybridized carbons (Fsp3) is 0.400. The van der Waals surface area contributed by atoms with E-state index in [9.17, 15) is 9.50 Å². The van der Waals surface area contributed by atoms with Crippen LogP contribution in [0.25, 0.3) is 0 Å². The summed E-state index contributed by atoms with van der Waals surface area (Å²) < 4.78 is 19.7. The zero-order chi connectivity index (χ0) is 23.4. The molecule has 178 valence electrons. The van der Waals surface area contributed by atoms with Crippen molar-refractivity contribution in [2.75, 3.05) is 19.6 Å². The standard InChI is InChI=1S/C30H34FNO2/c31-25-12-10-24(11-13-25)16-19-32-20-18-30(17-6-2-5-9-23-7-3-1-4-8-23)27-21-26(33)14-15-28(27)34-29(30)22-32/h1,3-4,7-8,10-15,21,29,33H,2,5-6,9,16-20,22H2/t29-,30-/m0/s1. The number of nitrogens with zero attached hydrogens (tertiary/aromatic N) is 1. The molecule has 0 amide bonds. The van der Waals surface area contributed by atoms with Crippen LogP contribution in [-0.4, -0.2) is 35.7 Å². The summed E-state index contributed by atoms with van der Waals surface area (Å²) in [5.41, 5.74) is 3.75. The van der Waals surface area contributed by atoms with E-state index >= 15 is 0 Å².